The molecule has 1 unspecified atom stereocenters. The van der Waals surface area contributed by atoms with E-state index in [0.29, 0.717) is 18.8 Å². The summed E-state index contributed by atoms with van der Waals surface area (Å²) < 4.78 is 10.7. The van der Waals surface area contributed by atoms with Crippen LogP contribution >= 0.6 is 0 Å². The summed E-state index contributed by atoms with van der Waals surface area (Å²) in [7, 11) is 3.25. The molecule has 24 heavy (non-hydrogen) atoms. The minimum Gasteiger partial charge on any atom is -0.493 e. The van der Waals surface area contributed by atoms with Gasteiger partial charge >= 0.3 is 6.03 Å². The summed E-state index contributed by atoms with van der Waals surface area (Å²) in [4.78, 5) is 26.8. The van der Waals surface area contributed by atoms with E-state index < -0.39 is 0 Å². The quantitative estimate of drug-likeness (QED) is 0.785. The van der Waals surface area contributed by atoms with Gasteiger partial charge in [-0.05, 0) is 24.6 Å². The van der Waals surface area contributed by atoms with E-state index in [1.807, 2.05) is 19.1 Å². The molecule has 1 aromatic carbocycles. The molecule has 7 heteroatoms. The highest BCUT2D eigenvalue weighted by Gasteiger charge is 2.36. The summed E-state index contributed by atoms with van der Waals surface area (Å²) in [5, 5.41) is 2.68. The maximum atomic E-state index is 12.6. The second-order valence-corrected chi connectivity index (χ2v) is 6.25. The number of rotatable bonds is 4. The summed E-state index contributed by atoms with van der Waals surface area (Å²) in [5.41, 5.74) is 2.40. The van der Waals surface area contributed by atoms with Crippen molar-refractivity contribution < 1.29 is 24.0 Å². The maximum Gasteiger partial charge on any atom is 0.324 e. The Hall–Kier alpha value is -2.28. The third-order valence-corrected chi connectivity index (χ3v) is 4.94. The molecule has 2 heterocycles. The minimum absolute atomic E-state index is 0.107. The van der Waals surface area contributed by atoms with Crippen LogP contribution in [-0.2, 0) is 17.8 Å². The zero-order valence-electron chi connectivity index (χ0n) is 14.3. The Balaban J connectivity index is 1.76. The standard InChI is InChI=1S/C17H23N3O4/c1-11(16(21)20-7-5-18-17(20)22)19-6-4-12-8-14(23-2)15(24-3)9-13(12)10-19/h8-9,11H,4-7,10H2,1-3H3,(H,18,22)/p+1/t11-/m0/s1. The summed E-state index contributed by atoms with van der Waals surface area (Å²) in [6, 6.07) is 3.48. The number of quaternary nitrogens is 1. The molecule has 0 aliphatic carbocycles. The molecule has 0 bridgehead atoms. The number of hydrogen-bond donors (Lipinski definition) is 2. The molecule has 130 valence electrons. The van der Waals surface area contributed by atoms with Crippen LogP contribution < -0.4 is 19.7 Å². The smallest absolute Gasteiger partial charge is 0.324 e. The van der Waals surface area contributed by atoms with Gasteiger partial charge in [-0.1, -0.05) is 0 Å². The fourth-order valence-electron chi connectivity index (χ4n) is 3.45. The summed E-state index contributed by atoms with van der Waals surface area (Å²) >= 11 is 0. The second-order valence-electron chi connectivity index (χ2n) is 6.25. The van der Waals surface area contributed by atoms with Gasteiger partial charge in [0, 0.05) is 25.1 Å². The second kappa shape index (κ2) is 6.68. The highest BCUT2D eigenvalue weighted by atomic mass is 16.5. The van der Waals surface area contributed by atoms with Crippen LogP contribution in [0.5, 0.6) is 11.5 Å². The molecule has 2 N–H and O–H groups in total. The van der Waals surface area contributed by atoms with Gasteiger partial charge in [-0.15, -0.1) is 0 Å². The molecule has 3 amide bonds. The number of nitrogens with one attached hydrogen (secondary N) is 2. The van der Waals surface area contributed by atoms with Gasteiger partial charge in [-0.3, -0.25) is 9.69 Å². The van der Waals surface area contributed by atoms with Crippen LogP contribution in [0.3, 0.4) is 0 Å². The van der Waals surface area contributed by atoms with Crippen molar-refractivity contribution in [3.05, 3.63) is 23.3 Å². The molecule has 2 atom stereocenters. The van der Waals surface area contributed by atoms with Gasteiger partial charge in [0.05, 0.1) is 20.8 Å². The van der Waals surface area contributed by atoms with Crippen molar-refractivity contribution >= 4 is 11.9 Å². The van der Waals surface area contributed by atoms with E-state index in [1.165, 1.54) is 20.9 Å². The number of benzene rings is 1. The number of urea groups is 1. The molecule has 1 fully saturated rings. The molecule has 2 aliphatic rings. The van der Waals surface area contributed by atoms with Crippen LogP contribution in [0.2, 0.25) is 0 Å². The number of carbonyl (C=O) groups is 2. The van der Waals surface area contributed by atoms with E-state index in [1.54, 1.807) is 14.2 Å². The summed E-state index contributed by atoms with van der Waals surface area (Å²) in [5.74, 6) is 1.33. The Bertz CT molecular complexity index is 661. The number of nitrogens with zero attached hydrogens (tertiary/aromatic N) is 1. The van der Waals surface area contributed by atoms with Crippen LogP contribution in [0, 0.1) is 0 Å². The molecular formula is C17H24N3O4+. The summed E-state index contributed by atoms with van der Waals surface area (Å²) in [6.45, 7) is 4.47. The predicted molar refractivity (Wildman–Crippen MR) is 87.4 cm³/mol. The molecule has 1 aromatic rings. The number of hydrogen-bond acceptors (Lipinski definition) is 4. The molecule has 2 aliphatic heterocycles. The lowest BCUT2D eigenvalue weighted by Crippen LogP contribution is -3.16. The van der Waals surface area contributed by atoms with Crippen molar-refractivity contribution in [1.29, 1.82) is 0 Å². The van der Waals surface area contributed by atoms with Crippen LogP contribution in [0.15, 0.2) is 12.1 Å². The zero-order valence-corrected chi connectivity index (χ0v) is 14.3. The molecule has 7 nitrogen and oxygen atoms in total. The zero-order chi connectivity index (χ0) is 17.3. The lowest BCUT2D eigenvalue weighted by molar-refractivity contribution is -0.930. The lowest BCUT2D eigenvalue weighted by atomic mass is 9.97. The average Bonchev–Trinajstić information content (AvgIpc) is 3.04. The number of methoxy groups -OCH3 is 2. The van der Waals surface area contributed by atoms with Gasteiger partial charge in [-0.2, -0.15) is 0 Å². The van der Waals surface area contributed by atoms with Crippen molar-refractivity contribution in [3.63, 3.8) is 0 Å². The average molecular weight is 334 g/mol. The monoisotopic (exact) mass is 334 g/mol. The SMILES string of the molecule is COc1cc2c(cc1OC)C[NH+]([C@@H](C)C(=O)N1CCNC1=O)CC2. The molecule has 0 aromatic heterocycles. The first-order chi connectivity index (χ1) is 11.5. The fraction of sp³-hybridized carbons (Fsp3) is 0.529. The van der Waals surface area contributed by atoms with Crippen LogP contribution in [-0.4, -0.2) is 56.7 Å². The summed E-state index contributed by atoms with van der Waals surface area (Å²) in [6.07, 6.45) is 0.870. The van der Waals surface area contributed by atoms with Gasteiger partial charge in [0.1, 0.15) is 6.54 Å². The Morgan fingerprint density at radius 1 is 1.25 bits per heavy atom. The van der Waals surface area contributed by atoms with E-state index in [2.05, 4.69) is 5.32 Å². The highest BCUT2D eigenvalue weighted by Crippen LogP contribution is 2.31. The third kappa shape index (κ3) is 2.91. The maximum absolute atomic E-state index is 12.6. The van der Waals surface area contributed by atoms with Crippen LogP contribution in [0.1, 0.15) is 18.1 Å². The Kier molecular flexibility index (Phi) is 4.62. The number of fused-ring (bicyclic) bond motifs is 1. The molecule has 0 saturated carbocycles. The first-order valence-electron chi connectivity index (χ1n) is 8.22. The van der Waals surface area contributed by atoms with Crippen molar-refractivity contribution in [2.45, 2.75) is 25.9 Å². The predicted octanol–water partition coefficient (Wildman–Crippen LogP) is -0.415. The largest absolute Gasteiger partial charge is 0.493 e. The van der Waals surface area contributed by atoms with E-state index in [0.717, 1.165) is 25.3 Å². The number of amides is 3. The van der Waals surface area contributed by atoms with Gasteiger partial charge in [0.25, 0.3) is 5.91 Å². The van der Waals surface area contributed by atoms with E-state index in [4.69, 9.17) is 9.47 Å². The number of carbonyl (C=O) groups excluding carboxylic acids is 2. The molecule has 3 rings (SSSR count). The molecule has 0 spiro atoms. The van der Waals surface area contributed by atoms with Gasteiger partial charge in [0.2, 0.25) is 0 Å². The fourth-order valence-corrected chi connectivity index (χ4v) is 3.45. The molecular weight excluding hydrogens is 310 g/mol. The third-order valence-electron chi connectivity index (χ3n) is 4.94. The Morgan fingerprint density at radius 2 is 1.92 bits per heavy atom. The van der Waals surface area contributed by atoms with Crippen molar-refractivity contribution in [3.8, 4) is 11.5 Å². The first-order valence-corrected chi connectivity index (χ1v) is 8.22. The normalized spacial score (nSPS) is 21.0. The topological polar surface area (TPSA) is 72.3 Å². The Morgan fingerprint density at radius 3 is 2.50 bits per heavy atom. The Labute approximate surface area is 141 Å². The van der Waals surface area contributed by atoms with Gasteiger partial charge in [0.15, 0.2) is 17.5 Å². The molecule has 0 radical (unpaired) electrons. The van der Waals surface area contributed by atoms with Gasteiger partial charge in [-0.25, -0.2) is 4.79 Å². The minimum atomic E-state index is -0.282. The lowest BCUT2D eigenvalue weighted by Gasteiger charge is -2.31. The number of ether oxygens (including phenoxy) is 2. The van der Waals surface area contributed by atoms with Crippen LogP contribution in [0.4, 0.5) is 4.79 Å². The van der Waals surface area contributed by atoms with Crippen LogP contribution in [0.25, 0.3) is 0 Å². The van der Waals surface area contributed by atoms with Crippen molar-refractivity contribution in [2.75, 3.05) is 33.9 Å². The highest BCUT2D eigenvalue weighted by molar-refractivity contribution is 5.97. The van der Waals surface area contributed by atoms with Gasteiger partial charge < -0.3 is 19.7 Å². The molecule has 1 saturated heterocycles. The van der Waals surface area contributed by atoms with E-state index >= 15 is 0 Å². The number of imide groups is 1. The van der Waals surface area contributed by atoms with E-state index in [-0.39, 0.29) is 18.0 Å². The van der Waals surface area contributed by atoms with Crippen molar-refractivity contribution in [1.82, 2.24) is 10.2 Å². The van der Waals surface area contributed by atoms with Crippen molar-refractivity contribution in [2.24, 2.45) is 0 Å². The first kappa shape index (κ1) is 16.6. The van der Waals surface area contributed by atoms with E-state index in [9.17, 15) is 9.59 Å².